The van der Waals surface area contributed by atoms with Crippen molar-refractivity contribution in [1.29, 1.82) is 0 Å². The molecule has 0 aliphatic heterocycles. The molecule has 0 bridgehead atoms. The van der Waals surface area contributed by atoms with Crippen LogP contribution >= 0.6 is 11.6 Å². The molecule has 0 saturated heterocycles. The number of carbonyl (C=O) groups is 1. The predicted octanol–water partition coefficient (Wildman–Crippen LogP) is 4.59. The summed E-state index contributed by atoms with van der Waals surface area (Å²) in [5.74, 6) is 0.128. The number of aromatic nitrogens is 2. The summed E-state index contributed by atoms with van der Waals surface area (Å²) < 4.78 is 5.24. The summed E-state index contributed by atoms with van der Waals surface area (Å²) in [6, 6.07) is 15.9. The molecule has 0 unspecified atom stereocenters. The van der Waals surface area contributed by atoms with Crippen LogP contribution in [0.25, 0.3) is 33.4 Å². The van der Waals surface area contributed by atoms with E-state index in [0.29, 0.717) is 16.1 Å². The van der Waals surface area contributed by atoms with Gasteiger partial charge in [-0.2, -0.15) is 0 Å². The van der Waals surface area contributed by atoms with Crippen molar-refractivity contribution in [3.63, 3.8) is 0 Å². The van der Waals surface area contributed by atoms with Gasteiger partial charge in [0.15, 0.2) is 11.6 Å². The normalized spacial score (nSPS) is 10.9. The summed E-state index contributed by atoms with van der Waals surface area (Å²) in [5, 5.41) is 15.8. The first-order valence-corrected chi connectivity index (χ1v) is 8.29. The molecule has 27 heavy (non-hydrogen) atoms. The lowest BCUT2D eigenvalue weighted by molar-refractivity contribution is 0.209. The minimum Gasteiger partial charge on any atom is -0.465 e. The number of amides is 1. The average molecular weight is 382 g/mol. The molecule has 0 aliphatic rings. The van der Waals surface area contributed by atoms with Crippen molar-refractivity contribution < 1.29 is 14.4 Å². The average Bonchev–Trinajstić information content (AvgIpc) is 3.09. The van der Waals surface area contributed by atoms with E-state index in [-0.39, 0.29) is 22.7 Å². The van der Waals surface area contributed by atoms with Gasteiger partial charge in [-0.1, -0.05) is 47.1 Å². The first kappa shape index (κ1) is 16.9. The largest absolute Gasteiger partial charge is 0.465 e. The molecule has 0 spiro atoms. The molecule has 0 atom stereocenters. The molecule has 7 nitrogen and oxygen atoms in total. The number of benzene rings is 2. The number of pyridine rings is 1. The summed E-state index contributed by atoms with van der Waals surface area (Å²) in [5.41, 5.74) is 1.88. The van der Waals surface area contributed by atoms with Crippen LogP contribution < -0.4 is 10.9 Å². The smallest absolute Gasteiger partial charge is 0.410 e. The fraction of sp³-hybridized carbons (Fsp3) is 0. The highest BCUT2D eigenvalue weighted by molar-refractivity contribution is 6.31. The van der Waals surface area contributed by atoms with Gasteiger partial charge in [0.1, 0.15) is 0 Å². The second-order valence-electron chi connectivity index (χ2n) is 5.77. The molecular formula is C19H12ClN3O4. The minimum atomic E-state index is -1.28. The van der Waals surface area contributed by atoms with Gasteiger partial charge in [-0.15, -0.1) is 0 Å². The van der Waals surface area contributed by atoms with Crippen LogP contribution in [0.5, 0.6) is 0 Å². The highest BCUT2D eigenvalue weighted by Crippen LogP contribution is 2.36. The Morgan fingerprint density at radius 3 is 2.63 bits per heavy atom. The number of nitrogens with one attached hydrogen (secondary N) is 2. The Hall–Kier alpha value is -3.58. The van der Waals surface area contributed by atoms with Crippen molar-refractivity contribution in [2.75, 3.05) is 5.32 Å². The number of H-pyrrole nitrogens is 1. The number of hydrogen-bond acceptors (Lipinski definition) is 4. The van der Waals surface area contributed by atoms with Crippen LogP contribution in [0, 0.1) is 0 Å². The number of halogens is 1. The maximum atomic E-state index is 12.8. The number of aromatic amines is 1. The fourth-order valence-corrected chi connectivity index (χ4v) is 3.14. The molecule has 0 aliphatic carbocycles. The van der Waals surface area contributed by atoms with E-state index in [4.69, 9.17) is 21.2 Å². The highest BCUT2D eigenvalue weighted by Gasteiger charge is 2.20. The molecule has 4 aromatic rings. The summed E-state index contributed by atoms with van der Waals surface area (Å²) in [6.45, 7) is 0. The van der Waals surface area contributed by atoms with Gasteiger partial charge in [0.25, 0.3) is 5.56 Å². The molecule has 0 radical (unpaired) electrons. The number of rotatable bonds is 3. The van der Waals surface area contributed by atoms with Crippen molar-refractivity contribution in [2.45, 2.75) is 0 Å². The van der Waals surface area contributed by atoms with E-state index in [0.717, 1.165) is 10.9 Å². The quantitative estimate of drug-likeness (QED) is 0.481. The van der Waals surface area contributed by atoms with Gasteiger partial charge in [0.05, 0.1) is 5.56 Å². The van der Waals surface area contributed by atoms with Crippen LogP contribution in [0.15, 0.2) is 63.9 Å². The second-order valence-corrected chi connectivity index (χ2v) is 6.20. The zero-order chi connectivity index (χ0) is 19.0. The number of anilines is 1. The van der Waals surface area contributed by atoms with E-state index in [9.17, 15) is 9.59 Å². The third-order valence-corrected chi connectivity index (χ3v) is 4.27. The summed E-state index contributed by atoms with van der Waals surface area (Å²) in [6.07, 6.45) is -1.28. The van der Waals surface area contributed by atoms with Gasteiger partial charge in [0, 0.05) is 27.6 Å². The molecule has 8 heteroatoms. The van der Waals surface area contributed by atoms with E-state index >= 15 is 0 Å². The van der Waals surface area contributed by atoms with Crippen molar-refractivity contribution in [3.05, 3.63) is 70.0 Å². The molecule has 0 fully saturated rings. The van der Waals surface area contributed by atoms with Crippen LogP contribution in [0.2, 0.25) is 5.02 Å². The summed E-state index contributed by atoms with van der Waals surface area (Å²) >= 11 is 6.17. The van der Waals surface area contributed by atoms with Gasteiger partial charge in [-0.3, -0.25) is 10.1 Å². The Morgan fingerprint density at radius 1 is 1.11 bits per heavy atom. The Labute approximate surface area is 157 Å². The first-order chi connectivity index (χ1) is 13.0. The number of carboxylic acid groups (broad SMARTS) is 1. The van der Waals surface area contributed by atoms with Crippen LogP contribution in [0.3, 0.4) is 0 Å². The Morgan fingerprint density at radius 2 is 1.89 bits per heavy atom. The number of nitrogens with zero attached hydrogens (tertiary/aromatic N) is 1. The van der Waals surface area contributed by atoms with Crippen LogP contribution in [-0.4, -0.2) is 21.3 Å². The van der Waals surface area contributed by atoms with Crippen LogP contribution in [0.4, 0.5) is 10.6 Å². The van der Waals surface area contributed by atoms with Crippen molar-refractivity contribution in [2.24, 2.45) is 0 Å². The molecule has 2 heterocycles. The first-order valence-electron chi connectivity index (χ1n) is 7.91. The predicted molar refractivity (Wildman–Crippen MR) is 102 cm³/mol. The third kappa shape index (κ3) is 3.16. The van der Waals surface area contributed by atoms with E-state index in [1.165, 1.54) is 6.07 Å². The molecule has 134 valence electrons. The van der Waals surface area contributed by atoms with Gasteiger partial charge in [-0.05, 0) is 23.8 Å². The van der Waals surface area contributed by atoms with Crippen molar-refractivity contribution >= 4 is 34.4 Å². The lowest BCUT2D eigenvalue weighted by atomic mass is 9.95. The summed E-state index contributed by atoms with van der Waals surface area (Å²) in [7, 11) is 0. The Kier molecular flexibility index (Phi) is 4.13. The Balaban J connectivity index is 2.05. The molecule has 2 aromatic carbocycles. The van der Waals surface area contributed by atoms with Gasteiger partial charge in [-0.25, -0.2) is 4.79 Å². The number of fused-ring (bicyclic) bond motifs is 1. The van der Waals surface area contributed by atoms with E-state index in [1.807, 2.05) is 30.3 Å². The van der Waals surface area contributed by atoms with Gasteiger partial charge < -0.3 is 14.6 Å². The summed E-state index contributed by atoms with van der Waals surface area (Å²) in [4.78, 5) is 26.4. The second kappa shape index (κ2) is 6.62. The molecule has 0 saturated carbocycles. The fourth-order valence-electron chi connectivity index (χ4n) is 2.97. The molecule has 4 rings (SSSR count). The van der Waals surface area contributed by atoms with Gasteiger partial charge in [0.2, 0.25) is 0 Å². The molecule has 3 N–H and O–H groups in total. The Bertz CT molecular complexity index is 1210. The van der Waals surface area contributed by atoms with E-state index < -0.39 is 6.09 Å². The molecular weight excluding hydrogens is 370 g/mol. The SMILES string of the molecule is O=C(O)Nc1cc(-c2c(-c3ccccc3)c3cc(Cl)ccc3[nH]c2=O)on1. The third-order valence-electron chi connectivity index (χ3n) is 4.03. The number of hydrogen-bond donors (Lipinski definition) is 3. The van der Waals surface area contributed by atoms with Crippen LogP contribution in [0.1, 0.15) is 0 Å². The van der Waals surface area contributed by atoms with E-state index in [2.05, 4.69) is 15.5 Å². The highest BCUT2D eigenvalue weighted by atomic mass is 35.5. The molecule has 2 aromatic heterocycles. The lowest BCUT2D eigenvalue weighted by Crippen LogP contribution is -2.11. The van der Waals surface area contributed by atoms with Crippen molar-refractivity contribution in [3.8, 4) is 22.5 Å². The van der Waals surface area contributed by atoms with E-state index in [1.54, 1.807) is 18.2 Å². The maximum absolute atomic E-state index is 12.8. The van der Waals surface area contributed by atoms with Gasteiger partial charge >= 0.3 is 6.09 Å². The van der Waals surface area contributed by atoms with Crippen molar-refractivity contribution in [1.82, 2.24) is 10.1 Å². The molecule has 1 amide bonds. The zero-order valence-corrected chi connectivity index (χ0v) is 14.4. The monoisotopic (exact) mass is 381 g/mol. The zero-order valence-electron chi connectivity index (χ0n) is 13.7. The topological polar surface area (TPSA) is 108 Å². The van der Waals surface area contributed by atoms with Crippen LogP contribution in [-0.2, 0) is 0 Å². The maximum Gasteiger partial charge on any atom is 0.410 e. The minimum absolute atomic E-state index is 0.0119. The standard InChI is InChI=1S/C19H12ClN3O4/c20-11-6-7-13-12(8-11)16(10-4-2-1-3-5-10)17(18(24)21-13)14-9-15(23-27-14)22-19(25)26/h1-9H,(H,21,24)(H,22,23)(H,25,26). The lowest BCUT2D eigenvalue weighted by Gasteiger charge is -2.11.